The summed E-state index contributed by atoms with van der Waals surface area (Å²) in [6.45, 7) is 0.972. The minimum atomic E-state index is -7.11. The highest BCUT2D eigenvalue weighted by Gasteiger charge is 2.79. The maximum atomic E-state index is 14.1. The summed E-state index contributed by atoms with van der Waals surface area (Å²) in [5.41, 5.74) is -2.41. The van der Waals surface area contributed by atoms with E-state index in [9.17, 15) is 48.3 Å². The molecule has 1 N–H and O–H groups in total. The zero-order chi connectivity index (χ0) is 19.4. The van der Waals surface area contributed by atoms with Crippen LogP contribution in [0.1, 0.15) is 11.4 Å². The van der Waals surface area contributed by atoms with E-state index in [-0.39, 0.29) is 5.69 Å². The summed E-state index contributed by atoms with van der Waals surface area (Å²) in [4.78, 5) is 0. The van der Waals surface area contributed by atoms with Crippen molar-refractivity contribution in [1.29, 1.82) is 0 Å². The molecule has 1 atom stereocenters. The average Bonchev–Trinajstić information content (AvgIpc) is 2.66. The predicted octanol–water partition coefficient (Wildman–Crippen LogP) is 4.97. The lowest BCUT2D eigenvalue weighted by atomic mass is 10.2. The number of ether oxygens (including phenoxy) is 1. The van der Waals surface area contributed by atoms with E-state index in [0.717, 1.165) is 6.92 Å². The van der Waals surface area contributed by atoms with Gasteiger partial charge in [-0.2, -0.15) is 53.4 Å². The van der Waals surface area contributed by atoms with Gasteiger partial charge >= 0.3 is 30.2 Å². The Kier molecular flexibility index (Phi) is 4.98. The van der Waals surface area contributed by atoms with Gasteiger partial charge < -0.3 is 0 Å². The Morgan fingerprint density at radius 1 is 0.875 bits per heavy atom. The van der Waals surface area contributed by atoms with E-state index in [2.05, 4.69) is 25.8 Å². The minimum absolute atomic E-state index is 0.370. The average molecular weight is 445 g/mol. The van der Waals surface area contributed by atoms with Crippen molar-refractivity contribution in [3.63, 3.8) is 0 Å². The smallest absolute Gasteiger partial charge is 0.281 e. The second-order valence-corrected chi connectivity index (χ2v) is 5.09. The number of hydrogen-bond donors (Lipinski definition) is 1. The van der Waals surface area contributed by atoms with E-state index < -0.39 is 40.4 Å². The highest BCUT2D eigenvalue weighted by molar-refractivity contribution is 9.10. The molecule has 0 saturated carbocycles. The lowest BCUT2D eigenvalue weighted by Gasteiger charge is -2.34. The largest absolute Gasteiger partial charge is 0.462 e. The molecule has 24 heavy (non-hydrogen) atoms. The first-order valence-electron chi connectivity index (χ1n) is 5.37. The third-order valence-corrected chi connectivity index (χ3v) is 3.50. The summed E-state index contributed by atoms with van der Waals surface area (Å²) >= 11 is 2.31. The van der Waals surface area contributed by atoms with Crippen LogP contribution in [-0.2, 0) is 10.6 Å². The van der Waals surface area contributed by atoms with Crippen LogP contribution < -0.4 is 0 Å². The third-order valence-electron chi connectivity index (χ3n) is 2.53. The summed E-state index contributed by atoms with van der Waals surface area (Å²) in [6.07, 6.45) is -20.4. The molecule has 0 aliphatic rings. The fourth-order valence-corrected chi connectivity index (χ4v) is 1.71. The van der Waals surface area contributed by atoms with E-state index in [1.54, 1.807) is 5.10 Å². The topological polar surface area (TPSA) is 37.9 Å². The number of aromatic nitrogens is 2. The van der Waals surface area contributed by atoms with Crippen molar-refractivity contribution >= 4 is 15.9 Å². The number of alkyl halides is 11. The lowest BCUT2D eigenvalue weighted by Crippen LogP contribution is -2.58. The highest BCUT2D eigenvalue weighted by atomic mass is 79.9. The van der Waals surface area contributed by atoms with Gasteiger partial charge in [-0.05, 0) is 22.9 Å². The number of rotatable bonds is 4. The first kappa shape index (κ1) is 20.9. The molecule has 1 aromatic heterocycles. The molecule has 0 aliphatic heterocycles. The van der Waals surface area contributed by atoms with Crippen LogP contribution >= 0.6 is 15.9 Å². The lowest BCUT2D eigenvalue weighted by molar-refractivity contribution is -0.488. The fraction of sp³-hybridized carbons (Fsp3) is 0.667. The SMILES string of the molecule is Cc1[nH]nc(C(F)(OC(F)(F)C(F)(F)C(F)(F)F)C(F)(F)F)c1Br. The van der Waals surface area contributed by atoms with Gasteiger partial charge in [0.1, 0.15) is 0 Å². The van der Waals surface area contributed by atoms with E-state index in [1.165, 1.54) is 0 Å². The number of nitrogens with one attached hydrogen (secondary N) is 1. The van der Waals surface area contributed by atoms with Crippen molar-refractivity contribution in [2.24, 2.45) is 0 Å². The molecule has 0 bridgehead atoms. The molecule has 0 aliphatic carbocycles. The molecule has 0 amide bonds. The molecule has 140 valence electrons. The van der Waals surface area contributed by atoms with Gasteiger partial charge in [0, 0.05) is 5.69 Å². The Morgan fingerprint density at radius 3 is 1.62 bits per heavy atom. The first-order valence-corrected chi connectivity index (χ1v) is 6.17. The number of aryl methyl sites for hydroxylation is 1. The van der Waals surface area contributed by atoms with Gasteiger partial charge in [0.05, 0.1) is 4.47 Å². The molecule has 1 heterocycles. The molecule has 3 nitrogen and oxygen atoms in total. The monoisotopic (exact) mass is 444 g/mol. The summed E-state index contributed by atoms with van der Waals surface area (Å²) in [6, 6.07) is 0. The third kappa shape index (κ3) is 3.19. The van der Waals surface area contributed by atoms with E-state index in [4.69, 9.17) is 0 Å². The molecule has 1 rings (SSSR count). The van der Waals surface area contributed by atoms with E-state index >= 15 is 0 Å². The van der Waals surface area contributed by atoms with Crippen LogP contribution in [0.25, 0.3) is 0 Å². The molecular formula is C9H4BrF11N2O. The zero-order valence-electron chi connectivity index (χ0n) is 10.9. The molecule has 1 aromatic rings. The van der Waals surface area contributed by atoms with Gasteiger partial charge in [0.2, 0.25) is 0 Å². The first-order chi connectivity index (χ1) is 10.4. The van der Waals surface area contributed by atoms with Crippen molar-refractivity contribution in [1.82, 2.24) is 10.2 Å². The van der Waals surface area contributed by atoms with Crippen LogP contribution in [-0.4, -0.2) is 34.6 Å². The molecule has 0 radical (unpaired) electrons. The van der Waals surface area contributed by atoms with E-state index in [0.29, 0.717) is 0 Å². The van der Waals surface area contributed by atoms with Crippen LogP contribution in [0.3, 0.4) is 0 Å². The maximum Gasteiger partial charge on any atom is 0.462 e. The number of aromatic amines is 1. The normalized spacial score (nSPS) is 17.0. The van der Waals surface area contributed by atoms with Gasteiger partial charge in [0.25, 0.3) is 0 Å². The summed E-state index contributed by atoms with van der Waals surface area (Å²) in [7, 11) is 0. The van der Waals surface area contributed by atoms with Gasteiger partial charge in [0.15, 0.2) is 5.69 Å². The number of hydrogen-bond acceptors (Lipinski definition) is 2. The van der Waals surface area contributed by atoms with Crippen molar-refractivity contribution in [2.45, 2.75) is 37.2 Å². The zero-order valence-corrected chi connectivity index (χ0v) is 12.5. The summed E-state index contributed by atoms with van der Waals surface area (Å²) < 4.78 is 141. The quantitative estimate of drug-likeness (QED) is 0.665. The molecule has 15 heteroatoms. The molecule has 0 saturated heterocycles. The van der Waals surface area contributed by atoms with E-state index in [1.807, 2.05) is 0 Å². The Bertz CT molecular complexity index is 608. The Labute approximate surface area is 133 Å². The van der Waals surface area contributed by atoms with Gasteiger partial charge in [-0.1, -0.05) is 0 Å². The molecular weight excluding hydrogens is 441 g/mol. The highest BCUT2D eigenvalue weighted by Crippen LogP contribution is 2.54. The van der Waals surface area contributed by atoms with Crippen LogP contribution in [0, 0.1) is 6.92 Å². The van der Waals surface area contributed by atoms with Crippen LogP contribution in [0.5, 0.6) is 0 Å². The van der Waals surface area contributed by atoms with Crippen LogP contribution in [0.4, 0.5) is 48.3 Å². The second-order valence-electron chi connectivity index (χ2n) is 4.30. The van der Waals surface area contributed by atoms with Crippen molar-refractivity contribution in [3.8, 4) is 0 Å². The standard InChI is InChI=1S/C9H4BrF11N2O/c1-2-3(10)4(23-22-2)5(11,7(14,15)16)24-9(20,21)6(12,13)8(17,18)19/h1H3,(H,22,23). The molecule has 1 unspecified atom stereocenters. The summed E-state index contributed by atoms with van der Waals surface area (Å²) in [5.74, 6) is -12.9. The molecule has 0 spiro atoms. The Balaban J connectivity index is 3.48. The van der Waals surface area contributed by atoms with Gasteiger partial charge in [-0.15, -0.1) is 0 Å². The van der Waals surface area contributed by atoms with Crippen molar-refractivity contribution in [2.75, 3.05) is 0 Å². The van der Waals surface area contributed by atoms with Crippen LogP contribution in [0.15, 0.2) is 4.47 Å². The maximum absolute atomic E-state index is 14.1. The summed E-state index contributed by atoms with van der Waals surface area (Å²) in [5, 5.41) is 4.33. The molecule has 0 aromatic carbocycles. The van der Waals surface area contributed by atoms with Gasteiger partial charge in [-0.25, -0.2) is 0 Å². The Morgan fingerprint density at radius 2 is 1.33 bits per heavy atom. The minimum Gasteiger partial charge on any atom is -0.281 e. The van der Waals surface area contributed by atoms with Gasteiger partial charge in [-0.3, -0.25) is 9.84 Å². The fourth-order valence-electron chi connectivity index (χ4n) is 1.27. The Hall–Kier alpha value is -1.12. The number of nitrogens with zero attached hydrogens (tertiary/aromatic N) is 1. The number of halogens is 12. The number of H-pyrrole nitrogens is 1. The van der Waals surface area contributed by atoms with Crippen LogP contribution in [0.2, 0.25) is 0 Å². The molecule has 0 fully saturated rings. The predicted molar refractivity (Wildman–Crippen MR) is 56.9 cm³/mol. The van der Waals surface area contributed by atoms with Crippen molar-refractivity contribution in [3.05, 3.63) is 15.9 Å². The van der Waals surface area contributed by atoms with Crippen molar-refractivity contribution < 1.29 is 53.0 Å². The second kappa shape index (κ2) is 5.71.